The van der Waals surface area contributed by atoms with E-state index in [1.165, 1.54) is 0 Å². The number of hydrogen-bond acceptors (Lipinski definition) is 4. The molecule has 1 saturated heterocycles. The standard InChI is InChI=1S/C18H26N2O4/c1-11(2)12(3)19-18(22)13-8-17(21)20(10-13)15-7-6-14(23-4)9-16(15)24-5/h6-7,9,11-13H,8,10H2,1-5H3,(H,19,22). The normalized spacial score (nSPS) is 18.7. The molecule has 0 radical (unpaired) electrons. The molecule has 2 rings (SSSR count). The van der Waals surface area contributed by atoms with Crippen LogP contribution in [0.5, 0.6) is 11.5 Å². The molecule has 1 aromatic carbocycles. The van der Waals surface area contributed by atoms with Crippen LogP contribution in [-0.2, 0) is 9.59 Å². The third-order valence-corrected chi connectivity index (χ3v) is 4.54. The number of carbonyl (C=O) groups is 2. The lowest BCUT2D eigenvalue weighted by atomic mass is 10.0. The zero-order valence-corrected chi connectivity index (χ0v) is 15.0. The Labute approximate surface area is 143 Å². The van der Waals surface area contributed by atoms with E-state index >= 15 is 0 Å². The summed E-state index contributed by atoms with van der Waals surface area (Å²) in [4.78, 5) is 26.4. The fourth-order valence-corrected chi connectivity index (χ4v) is 2.63. The van der Waals surface area contributed by atoms with E-state index < -0.39 is 0 Å². The first-order chi connectivity index (χ1) is 11.4. The van der Waals surface area contributed by atoms with E-state index in [-0.39, 0.29) is 30.2 Å². The van der Waals surface area contributed by atoms with Crippen LogP contribution in [0.15, 0.2) is 18.2 Å². The van der Waals surface area contributed by atoms with Crippen LogP contribution >= 0.6 is 0 Å². The van der Waals surface area contributed by atoms with Gasteiger partial charge in [-0.1, -0.05) is 13.8 Å². The monoisotopic (exact) mass is 334 g/mol. The van der Waals surface area contributed by atoms with Gasteiger partial charge >= 0.3 is 0 Å². The smallest absolute Gasteiger partial charge is 0.227 e. The molecule has 0 aliphatic carbocycles. The molecule has 132 valence electrons. The molecule has 0 spiro atoms. The molecule has 2 unspecified atom stereocenters. The molecule has 1 aromatic rings. The van der Waals surface area contributed by atoms with Gasteiger partial charge in [-0.15, -0.1) is 0 Å². The van der Waals surface area contributed by atoms with Crippen LogP contribution in [0.1, 0.15) is 27.2 Å². The highest BCUT2D eigenvalue weighted by Gasteiger charge is 2.36. The van der Waals surface area contributed by atoms with Gasteiger partial charge in [0.05, 0.1) is 25.8 Å². The highest BCUT2D eigenvalue weighted by atomic mass is 16.5. The van der Waals surface area contributed by atoms with Gasteiger partial charge in [-0.25, -0.2) is 0 Å². The van der Waals surface area contributed by atoms with Crippen molar-refractivity contribution < 1.29 is 19.1 Å². The average molecular weight is 334 g/mol. The Morgan fingerprint density at radius 2 is 1.96 bits per heavy atom. The minimum Gasteiger partial charge on any atom is -0.497 e. The highest BCUT2D eigenvalue weighted by Crippen LogP contribution is 2.35. The first kappa shape index (κ1) is 18.1. The number of anilines is 1. The summed E-state index contributed by atoms with van der Waals surface area (Å²) in [6.07, 6.45) is 0.214. The van der Waals surface area contributed by atoms with Crippen molar-refractivity contribution in [2.45, 2.75) is 33.2 Å². The maximum atomic E-state index is 12.4. The molecule has 1 heterocycles. The topological polar surface area (TPSA) is 67.9 Å². The Bertz CT molecular complexity index is 615. The second-order valence-corrected chi connectivity index (χ2v) is 6.48. The first-order valence-corrected chi connectivity index (χ1v) is 8.20. The summed E-state index contributed by atoms with van der Waals surface area (Å²) in [5, 5.41) is 2.99. The van der Waals surface area contributed by atoms with Crippen LogP contribution in [0.4, 0.5) is 5.69 Å². The van der Waals surface area contributed by atoms with Crippen molar-refractivity contribution in [3.05, 3.63) is 18.2 Å². The molecule has 0 saturated carbocycles. The summed E-state index contributed by atoms with van der Waals surface area (Å²) >= 11 is 0. The minimum absolute atomic E-state index is 0.0699. The van der Waals surface area contributed by atoms with Crippen LogP contribution in [0, 0.1) is 11.8 Å². The van der Waals surface area contributed by atoms with Crippen molar-refractivity contribution in [1.29, 1.82) is 0 Å². The van der Waals surface area contributed by atoms with E-state index in [1.807, 2.05) is 6.92 Å². The predicted octanol–water partition coefficient (Wildman–Crippen LogP) is 2.22. The van der Waals surface area contributed by atoms with Crippen molar-refractivity contribution in [2.24, 2.45) is 11.8 Å². The van der Waals surface area contributed by atoms with Gasteiger partial charge in [0.25, 0.3) is 0 Å². The van der Waals surface area contributed by atoms with Gasteiger partial charge in [-0.2, -0.15) is 0 Å². The lowest BCUT2D eigenvalue weighted by molar-refractivity contribution is -0.127. The van der Waals surface area contributed by atoms with E-state index in [0.29, 0.717) is 29.6 Å². The third-order valence-electron chi connectivity index (χ3n) is 4.54. The zero-order valence-electron chi connectivity index (χ0n) is 15.0. The number of benzene rings is 1. The summed E-state index contributed by atoms with van der Waals surface area (Å²) in [5.41, 5.74) is 0.663. The molecule has 2 atom stereocenters. The maximum absolute atomic E-state index is 12.4. The zero-order chi connectivity index (χ0) is 17.9. The molecule has 2 amide bonds. The molecule has 1 aliphatic heterocycles. The van der Waals surface area contributed by atoms with Gasteiger partial charge in [0.15, 0.2) is 0 Å². The van der Waals surface area contributed by atoms with Gasteiger partial charge < -0.3 is 19.7 Å². The maximum Gasteiger partial charge on any atom is 0.227 e. The lowest BCUT2D eigenvalue weighted by Gasteiger charge is -2.21. The largest absolute Gasteiger partial charge is 0.497 e. The van der Waals surface area contributed by atoms with E-state index in [4.69, 9.17) is 9.47 Å². The summed E-state index contributed by atoms with van der Waals surface area (Å²) in [5.74, 6) is 1.08. The van der Waals surface area contributed by atoms with Crippen LogP contribution in [-0.4, -0.2) is 38.6 Å². The van der Waals surface area contributed by atoms with E-state index in [9.17, 15) is 9.59 Å². The number of ether oxygens (including phenoxy) is 2. The fraction of sp³-hybridized carbons (Fsp3) is 0.556. The molecule has 0 aromatic heterocycles. The van der Waals surface area contributed by atoms with Crippen molar-refractivity contribution in [1.82, 2.24) is 5.32 Å². The van der Waals surface area contributed by atoms with Crippen molar-refractivity contribution in [3.63, 3.8) is 0 Å². The number of nitrogens with one attached hydrogen (secondary N) is 1. The lowest BCUT2D eigenvalue weighted by Crippen LogP contribution is -2.40. The molecule has 0 bridgehead atoms. The minimum atomic E-state index is -0.342. The Morgan fingerprint density at radius 1 is 1.25 bits per heavy atom. The number of rotatable bonds is 6. The third kappa shape index (κ3) is 3.80. The molecule has 6 heteroatoms. The second kappa shape index (κ2) is 7.55. The van der Waals surface area contributed by atoms with Crippen LogP contribution in [0.2, 0.25) is 0 Å². The fourth-order valence-electron chi connectivity index (χ4n) is 2.63. The summed E-state index contributed by atoms with van der Waals surface area (Å²) < 4.78 is 10.5. The van der Waals surface area contributed by atoms with Crippen LogP contribution < -0.4 is 19.7 Å². The summed E-state index contributed by atoms with van der Waals surface area (Å²) in [6.45, 7) is 6.44. The molecule has 1 aliphatic rings. The SMILES string of the molecule is COc1ccc(N2CC(C(=O)NC(C)C(C)C)CC2=O)c(OC)c1. The molecular weight excluding hydrogens is 308 g/mol. The summed E-state index contributed by atoms with van der Waals surface area (Å²) in [6, 6.07) is 5.38. The molecule has 1 N–H and O–H groups in total. The van der Waals surface area contributed by atoms with Gasteiger partial charge in [-0.05, 0) is 25.0 Å². The van der Waals surface area contributed by atoms with E-state index in [1.54, 1.807) is 37.3 Å². The van der Waals surface area contributed by atoms with Crippen molar-refractivity contribution in [2.75, 3.05) is 25.7 Å². The average Bonchev–Trinajstić information content (AvgIpc) is 2.95. The number of amides is 2. The number of methoxy groups -OCH3 is 2. The number of nitrogens with zero attached hydrogens (tertiary/aromatic N) is 1. The Kier molecular flexibility index (Phi) is 5.70. The number of hydrogen-bond donors (Lipinski definition) is 1. The Hall–Kier alpha value is -2.24. The predicted molar refractivity (Wildman–Crippen MR) is 92.4 cm³/mol. The van der Waals surface area contributed by atoms with Crippen molar-refractivity contribution >= 4 is 17.5 Å². The quantitative estimate of drug-likeness (QED) is 0.866. The first-order valence-electron chi connectivity index (χ1n) is 8.20. The van der Waals surface area contributed by atoms with Crippen LogP contribution in [0.25, 0.3) is 0 Å². The van der Waals surface area contributed by atoms with E-state index in [0.717, 1.165) is 0 Å². The van der Waals surface area contributed by atoms with Gasteiger partial charge in [0.2, 0.25) is 11.8 Å². The van der Waals surface area contributed by atoms with Gasteiger partial charge in [-0.3, -0.25) is 9.59 Å². The second-order valence-electron chi connectivity index (χ2n) is 6.48. The Morgan fingerprint density at radius 3 is 2.54 bits per heavy atom. The molecule has 1 fully saturated rings. The number of carbonyl (C=O) groups excluding carboxylic acids is 2. The highest BCUT2D eigenvalue weighted by molar-refractivity contribution is 6.01. The molecule has 6 nitrogen and oxygen atoms in total. The van der Waals surface area contributed by atoms with Gasteiger partial charge in [0, 0.05) is 25.1 Å². The van der Waals surface area contributed by atoms with Gasteiger partial charge in [0.1, 0.15) is 11.5 Å². The Balaban J connectivity index is 2.14. The molecule has 24 heavy (non-hydrogen) atoms. The van der Waals surface area contributed by atoms with Crippen molar-refractivity contribution in [3.8, 4) is 11.5 Å². The van der Waals surface area contributed by atoms with E-state index in [2.05, 4.69) is 19.2 Å². The summed E-state index contributed by atoms with van der Waals surface area (Å²) in [7, 11) is 3.12. The molecular formula is C18H26N2O4. The van der Waals surface area contributed by atoms with Crippen LogP contribution in [0.3, 0.4) is 0 Å².